The van der Waals surface area contributed by atoms with Crippen molar-refractivity contribution in [3.63, 3.8) is 0 Å². The predicted octanol–water partition coefficient (Wildman–Crippen LogP) is 4.58. The molecule has 2 rings (SSSR count). The molecule has 1 aromatic carbocycles. The van der Waals surface area contributed by atoms with Gasteiger partial charge in [-0.1, -0.05) is 59.4 Å². The van der Waals surface area contributed by atoms with Crippen LogP contribution in [0.3, 0.4) is 0 Å². The second-order valence-electron chi connectivity index (χ2n) is 2.89. The zero-order chi connectivity index (χ0) is 11.1. The molecule has 0 N–H and O–H groups in total. The van der Waals surface area contributed by atoms with Gasteiger partial charge in [-0.05, 0) is 18.2 Å². The maximum absolute atomic E-state index is 5.88. The van der Waals surface area contributed by atoms with Gasteiger partial charge >= 0.3 is 0 Å². The largest absolute Gasteiger partial charge is 0.253 e. The lowest BCUT2D eigenvalue weighted by atomic mass is 10.3. The molecule has 0 atom stereocenters. The van der Waals surface area contributed by atoms with E-state index in [-0.39, 0.29) is 0 Å². The highest BCUT2D eigenvalue weighted by atomic mass is 80.0. The Labute approximate surface area is 117 Å². The summed E-state index contributed by atoms with van der Waals surface area (Å²) in [4.78, 5) is 8.70. The summed E-state index contributed by atoms with van der Waals surface area (Å²) < 4.78 is -0.545. The number of rotatable bonds is 0. The van der Waals surface area contributed by atoms with Crippen LogP contribution in [0.4, 0.5) is 0 Å². The normalized spacial score (nSPS) is 12.0. The van der Waals surface area contributed by atoms with E-state index in [9.17, 15) is 0 Å². The van der Waals surface area contributed by atoms with E-state index >= 15 is 0 Å². The number of hydrogen-bond acceptors (Lipinski definition) is 2. The van der Waals surface area contributed by atoms with Crippen molar-refractivity contribution in [2.75, 3.05) is 0 Å². The fraction of sp³-hybridized carbons (Fsp3) is 0.111. The number of benzene rings is 1. The van der Waals surface area contributed by atoms with Crippen LogP contribution >= 0.6 is 59.4 Å². The first-order valence-corrected chi connectivity index (χ1v) is 6.72. The van der Waals surface area contributed by atoms with Crippen LogP contribution in [0.15, 0.2) is 24.4 Å². The average Bonchev–Trinajstić information content (AvgIpc) is 2.15. The second kappa shape index (κ2) is 4.28. The molecule has 0 unspecified atom stereocenters. The summed E-state index contributed by atoms with van der Waals surface area (Å²) >= 11 is 16.0. The van der Waals surface area contributed by atoms with E-state index in [0.29, 0.717) is 5.02 Å². The van der Waals surface area contributed by atoms with E-state index in [4.69, 9.17) is 11.6 Å². The molecule has 0 spiro atoms. The van der Waals surface area contributed by atoms with E-state index in [0.717, 1.165) is 16.7 Å². The molecular weight excluding hydrogens is 411 g/mol. The van der Waals surface area contributed by atoms with Crippen molar-refractivity contribution in [2.45, 2.75) is 2.14 Å². The van der Waals surface area contributed by atoms with E-state index in [2.05, 4.69) is 57.8 Å². The summed E-state index contributed by atoms with van der Waals surface area (Å²) in [6.07, 6.45) is 1.69. The smallest absolute Gasteiger partial charge is 0.178 e. The fourth-order valence-electron chi connectivity index (χ4n) is 1.12. The van der Waals surface area contributed by atoms with Gasteiger partial charge in [0.1, 0.15) is 0 Å². The van der Waals surface area contributed by atoms with E-state index in [1.165, 1.54) is 0 Å². The molecule has 6 heteroatoms. The van der Waals surface area contributed by atoms with Crippen LogP contribution in [0.1, 0.15) is 5.69 Å². The van der Waals surface area contributed by atoms with Gasteiger partial charge in [0.2, 0.25) is 0 Å². The molecule has 1 heterocycles. The summed E-state index contributed by atoms with van der Waals surface area (Å²) in [6, 6.07) is 5.42. The Balaban J connectivity index is 2.64. The molecule has 0 radical (unpaired) electrons. The van der Waals surface area contributed by atoms with Crippen LogP contribution in [0.25, 0.3) is 11.0 Å². The first-order valence-electron chi connectivity index (χ1n) is 3.96. The molecule has 0 amide bonds. The van der Waals surface area contributed by atoms with Gasteiger partial charge in [0.15, 0.2) is 2.14 Å². The molecule has 78 valence electrons. The molecule has 2 nitrogen and oxygen atoms in total. The third-order valence-electron chi connectivity index (χ3n) is 1.79. The van der Waals surface area contributed by atoms with Gasteiger partial charge in [-0.15, -0.1) is 0 Å². The molecule has 0 aliphatic carbocycles. The highest BCUT2D eigenvalue weighted by molar-refractivity contribution is 9.38. The summed E-state index contributed by atoms with van der Waals surface area (Å²) in [6.45, 7) is 0. The Hall–Kier alpha value is 0.290. The van der Waals surface area contributed by atoms with Crippen molar-refractivity contribution >= 4 is 70.4 Å². The molecule has 0 aliphatic rings. The Kier molecular flexibility index (Phi) is 3.36. The Morgan fingerprint density at radius 1 is 1.13 bits per heavy atom. The lowest BCUT2D eigenvalue weighted by Crippen LogP contribution is -2.02. The highest BCUT2D eigenvalue weighted by Gasteiger charge is 2.23. The van der Waals surface area contributed by atoms with Crippen LogP contribution in [0.2, 0.25) is 5.02 Å². The third kappa shape index (κ3) is 2.70. The van der Waals surface area contributed by atoms with Crippen LogP contribution in [0.5, 0.6) is 0 Å². The van der Waals surface area contributed by atoms with Gasteiger partial charge in [-0.3, -0.25) is 4.98 Å². The number of hydrogen-bond donors (Lipinski definition) is 0. The monoisotopic (exact) mass is 412 g/mol. The number of nitrogens with zero attached hydrogens (tertiary/aromatic N) is 2. The zero-order valence-electron chi connectivity index (χ0n) is 7.22. The van der Waals surface area contributed by atoms with Gasteiger partial charge in [-0.2, -0.15) is 0 Å². The van der Waals surface area contributed by atoms with Gasteiger partial charge in [0.05, 0.1) is 22.9 Å². The van der Waals surface area contributed by atoms with Crippen LogP contribution in [0, 0.1) is 0 Å². The van der Waals surface area contributed by atoms with Gasteiger partial charge < -0.3 is 0 Å². The average molecular weight is 415 g/mol. The number of fused-ring (bicyclic) bond motifs is 1. The minimum absolute atomic E-state index is 0.545. The van der Waals surface area contributed by atoms with Crippen molar-refractivity contribution in [3.8, 4) is 0 Å². The minimum Gasteiger partial charge on any atom is -0.253 e. The lowest BCUT2D eigenvalue weighted by molar-refractivity contribution is 1.14. The van der Waals surface area contributed by atoms with Gasteiger partial charge in [0.25, 0.3) is 0 Å². The number of halogens is 4. The lowest BCUT2D eigenvalue weighted by Gasteiger charge is -2.11. The van der Waals surface area contributed by atoms with Crippen LogP contribution in [-0.2, 0) is 2.14 Å². The third-order valence-corrected chi connectivity index (χ3v) is 3.25. The Morgan fingerprint density at radius 3 is 2.53 bits per heavy atom. The molecule has 0 aliphatic heterocycles. The van der Waals surface area contributed by atoms with Crippen molar-refractivity contribution in [2.24, 2.45) is 0 Å². The highest BCUT2D eigenvalue weighted by Crippen LogP contribution is 2.43. The van der Waals surface area contributed by atoms with E-state index in [1.54, 1.807) is 18.3 Å². The molecule has 2 aromatic rings. The quantitative estimate of drug-likeness (QED) is 0.589. The summed E-state index contributed by atoms with van der Waals surface area (Å²) in [5.74, 6) is 0. The molecule has 0 saturated heterocycles. The summed E-state index contributed by atoms with van der Waals surface area (Å²) in [7, 11) is 0. The standard InChI is InChI=1S/C9H4Br3ClN2/c10-9(11,12)8-4-14-6-2-1-5(13)3-7(6)15-8/h1-4H. The number of aromatic nitrogens is 2. The minimum atomic E-state index is -0.545. The van der Waals surface area contributed by atoms with E-state index < -0.39 is 2.14 Å². The molecular formula is C9H4Br3ClN2. The Bertz CT molecular complexity index is 510. The molecule has 15 heavy (non-hydrogen) atoms. The Morgan fingerprint density at radius 2 is 1.87 bits per heavy atom. The molecule has 0 fully saturated rings. The van der Waals surface area contributed by atoms with Crippen molar-refractivity contribution in [1.29, 1.82) is 0 Å². The van der Waals surface area contributed by atoms with Crippen molar-refractivity contribution in [3.05, 3.63) is 35.1 Å². The van der Waals surface area contributed by atoms with Crippen molar-refractivity contribution < 1.29 is 0 Å². The summed E-state index contributed by atoms with van der Waals surface area (Å²) in [5, 5.41) is 0.651. The topological polar surface area (TPSA) is 25.8 Å². The molecule has 1 aromatic heterocycles. The SMILES string of the molecule is Clc1ccc2ncc(C(Br)(Br)Br)nc2c1. The molecule has 0 bridgehead atoms. The van der Waals surface area contributed by atoms with Crippen molar-refractivity contribution in [1.82, 2.24) is 9.97 Å². The predicted molar refractivity (Wildman–Crippen MR) is 73.0 cm³/mol. The second-order valence-corrected chi connectivity index (χ2v) is 10.1. The fourth-order valence-corrected chi connectivity index (χ4v) is 1.86. The van der Waals surface area contributed by atoms with Gasteiger partial charge in [-0.25, -0.2) is 4.98 Å². The van der Waals surface area contributed by atoms with Crippen LogP contribution < -0.4 is 0 Å². The first kappa shape index (κ1) is 11.8. The maximum Gasteiger partial charge on any atom is 0.178 e. The molecule has 0 saturated carbocycles. The van der Waals surface area contributed by atoms with Crippen LogP contribution in [-0.4, -0.2) is 9.97 Å². The van der Waals surface area contributed by atoms with Gasteiger partial charge in [0, 0.05) is 5.02 Å². The zero-order valence-corrected chi connectivity index (χ0v) is 12.7. The number of alkyl halides is 3. The summed E-state index contributed by atoms with van der Waals surface area (Å²) in [5.41, 5.74) is 2.32. The maximum atomic E-state index is 5.88. The van der Waals surface area contributed by atoms with E-state index in [1.807, 2.05) is 6.07 Å². The first-order chi connectivity index (χ1) is 6.97.